The number of halogens is 1. The Morgan fingerprint density at radius 3 is 2.71 bits per heavy atom. The number of aromatic nitrogens is 1. The topological polar surface area (TPSA) is 42.2 Å². The lowest BCUT2D eigenvalue weighted by Crippen LogP contribution is -2.41. The minimum Gasteiger partial charge on any atom is -0.368 e. The highest BCUT2D eigenvalue weighted by molar-refractivity contribution is 9.10. The van der Waals surface area contributed by atoms with E-state index < -0.39 is 0 Å². The molecule has 0 unspecified atom stereocenters. The van der Waals surface area contributed by atoms with Gasteiger partial charge in [-0.2, -0.15) is 0 Å². The smallest absolute Gasteiger partial charge is 0.0592 e. The Morgan fingerprint density at radius 2 is 2.12 bits per heavy atom. The Morgan fingerprint density at radius 1 is 1.41 bits per heavy atom. The van der Waals surface area contributed by atoms with E-state index in [1.165, 1.54) is 18.5 Å². The molecule has 1 fully saturated rings. The summed E-state index contributed by atoms with van der Waals surface area (Å²) in [5.41, 5.74) is 7.22. The van der Waals surface area contributed by atoms with Crippen LogP contribution in [0.2, 0.25) is 0 Å². The van der Waals surface area contributed by atoms with Crippen molar-refractivity contribution in [2.75, 3.05) is 11.4 Å². The fourth-order valence-corrected chi connectivity index (χ4v) is 3.12. The molecule has 1 saturated carbocycles. The fraction of sp³-hybridized carbons (Fsp3) is 0.615. The van der Waals surface area contributed by atoms with Crippen molar-refractivity contribution in [3.63, 3.8) is 0 Å². The van der Waals surface area contributed by atoms with Gasteiger partial charge < -0.3 is 10.6 Å². The molecular weight excluding hydrogens is 278 g/mol. The molecule has 1 heterocycles. The van der Waals surface area contributed by atoms with Gasteiger partial charge in [0, 0.05) is 31.0 Å². The van der Waals surface area contributed by atoms with Crippen molar-refractivity contribution in [2.24, 2.45) is 5.73 Å². The summed E-state index contributed by atoms with van der Waals surface area (Å²) in [7, 11) is 0. The first-order valence-electron chi connectivity index (χ1n) is 6.34. The maximum Gasteiger partial charge on any atom is 0.0592 e. The minimum absolute atomic E-state index is 0.408. The van der Waals surface area contributed by atoms with Crippen LogP contribution in [0, 0.1) is 0 Å². The molecule has 2 rings (SSSR count). The number of rotatable bonds is 3. The molecule has 0 amide bonds. The van der Waals surface area contributed by atoms with E-state index in [0.717, 1.165) is 23.9 Å². The van der Waals surface area contributed by atoms with Crippen LogP contribution in [0.3, 0.4) is 0 Å². The summed E-state index contributed by atoms with van der Waals surface area (Å²) < 4.78 is 1.08. The largest absolute Gasteiger partial charge is 0.368 e. The summed E-state index contributed by atoms with van der Waals surface area (Å²) in [6.45, 7) is 3.24. The van der Waals surface area contributed by atoms with Crippen LogP contribution in [0.5, 0.6) is 0 Å². The molecule has 17 heavy (non-hydrogen) atoms. The fourth-order valence-electron chi connectivity index (χ4n) is 2.64. The van der Waals surface area contributed by atoms with Gasteiger partial charge in [-0.05, 0) is 54.6 Å². The zero-order valence-electron chi connectivity index (χ0n) is 10.3. The lowest BCUT2D eigenvalue weighted by atomic mass is 9.90. The number of hydrogen-bond donors (Lipinski definition) is 1. The van der Waals surface area contributed by atoms with Crippen LogP contribution in [0.1, 0.15) is 32.6 Å². The lowest BCUT2D eigenvalue weighted by Gasteiger charge is -2.37. The summed E-state index contributed by atoms with van der Waals surface area (Å²) in [6, 6.07) is 3.12. The monoisotopic (exact) mass is 297 g/mol. The van der Waals surface area contributed by atoms with Crippen LogP contribution in [-0.2, 0) is 0 Å². The summed E-state index contributed by atoms with van der Waals surface area (Å²) in [5, 5.41) is 0. The van der Waals surface area contributed by atoms with Crippen LogP contribution in [0.4, 0.5) is 5.69 Å². The highest BCUT2D eigenvalue weighted by atomic mass is 79.9. The second-order valence-electron chi connectivity index (χ2n) is 4.68. The zero-order valence-corrected chi connectivity index (χ0v) is 11.9. The average molecular weight is 298 g/mol. The molecule has 1 aromatic rings. The first-order valence-corrected chi connectivity index (χ1v) is 7.13. The molecule has 0 aliphatic heterocycles. The van der Waals surface area contributed by atoms with Crippen LogP contribution < -0.4 is 10.6 Å². The Balaban J connectivity index is 2.14. The third-order valence-corrected chi connectivity index (χ3v) is 4.19. The molecule has 0 saturated heterocycles. The van der Waals surface area contributed by atoms with Crippen LogP contribution >= 0.6 is 15.9 Å². The SMILES string of the molecule is CCN(c1ccncc1Br)C1CCC(N)CC1. The molecule has 0 bridgehead atoms. The maximum absolute atomic E-state index is 5.97. The number of anilines is 1. The van der Waals surface area contributed by atoms with Gasteiger partial charge in [-0.25, -0.2) is 0 Å². The Labute approximate surface area is 112 Å². The van der Waals surface area contributed by atoms with E-state index in [-0.39, 0.29) is 0 Å². The normalized spacial score (nSPS) is 24.6. The van der Waals surface area contributed by atoms with Crippen molar-refractivity contribution in [3.8, 4) is 0 Å². The quantitative estimate of drug-likeness (QED) is 0.933. The molecule has 94 valence electrons. The van der Waals surface area contributed by atoms with Gasteiger partial charge in [0.2, 0.25) is 0 Å². The highest BCUT2D eigenvalue weighted by Gasteiger charge is 2.24. The molecule has 0 spiro atoms. The van der Waals surface area contributed by atoms with Crippen molar-refractivity contribution >= 4 is 21.6 Å². The highest BCUT2D eigenvalue weighted by Crippen LogP contribution is 2.31. The second kappa shape index (κ2) is 5.83. The van der Waals surface area contributed by atoms with Crippen molar-refractivity contribution in [1.29, 1.82) is 0 Å². The summed E-state index contributed by atoms with van der Waals surface area (Å²) in [4.78, 5) is 6.60. The van der Waals surface area contributed by atoms with E-state index in [9.17, 15) is 0 Å². The zero-order chi connectivity index (χ0) is 12.3. The van der Waals surface area contributed by atoms with Gasteiger partial charge >= 0.3 is 0 Å². The molecule has 1 aromatic heterocycles. The first kappa shape index (κ1) is 12.8. The van der Waals surface area contributed by atoms with E-state index in [4.69, 9.17) is 5.73 Å². The third kappa shape index (κ3) is 2.99. The van der Waals surface area contributed by atoms with Gasteiger partial charge in [0.25, 0.3) is 0 Å². The van der Waals surface area contributed by atoms with Gasteiger partial charge in [-0.1, -0.05) is 0 Å². The van der Waals surface area contributed by atoms with E-state index in [2.05, 4.69) is 38.8 Å². The number of pyridine rings is 1. The molecule has 4 heteroatoms. The molecule has 1 aliphatic carbocycles. The summed E-state index contributed by atoms with van der Waals surface area (Å²) >= 11 is 3.59. The molecule has 0 aromatic carbocycles. The molecule has 3 nitrogen and oxygen atoms in total. The number of nitrogens with two attached hydrogens (primary N) is 1. The van der Waals surface area contributed by atoms with Crippen LogP contribution in [0.15, 0.2) is 22.9 Å². The van der Waals surface area contributed by atoms with Crippen molar-refractivity contribution < 1.29 is 0 Å². The Bertz CT molecular complexity index is 361. The van der Waals surface area contributed by atoms with Crippen molar-refractivity contribution in [3.05, 3.63) is 22.9 Å². The van der Waals surface area contributed by atoms with E-state index in [0.29, 0.717) is 12.1 Å². The van der Waals surface area contributed by atoms with E-state index in [1.54, 1.807) is 0 Å². The predicted molar refractivity (Wildman–Crippen MR) is 75.2 cm³/mol. The van der Waals surface area contributed by atoms with E-state index in [1.807, 2.05) is 12.4 Å². The Hall–Kier alpha value is -0.610. The van der Waals surface area contributed by atoms with E-state index >= 15 is 0 Å². The third-order valence-electron chi connectivity index (χ3n) is 3.58. The van der Waals surface area contributed by atoms with Crippen LogP contribution in [0.25, 0.3) is 0 Å². The van der Waals surface area contributed by atoms with Gasteiger partial charge in [0.05, 0.1) is 10.2 Å². The molecular formula is C13H20BrN3. The minimum atomic E-state index is 0.408. The number of nitrogens with zero attached hydrogens (tertiary/aromatic N) is 2. The van der Waals surface area contributed by atoms with Crippen molar-refractivity contribution in [2.45, 2.75) is 44.7 Å². The molecule has 0 atom stereocenters. The van der Waals surface area contributed by atoms with Gasteiger partial charge in [-0.15, -0.1) is 0 Å². The van der Waals surface area contributed by atoms with Gasteiger partial charge in [0.15, 0.2) is 0 Å². The molecule has 1 aliphatic rings. The standard InChI is InChI=1S/C13H20BrN3/c1-2-17(11-5-3-10(15)4-6-11)13-7-8-16-9-12(13)14/h7-11H,2-6,15H2,1H3. The predicted octanol–water partition coefficient (Wildman–Crippen LogP) is 2.94. The average Bonchev–Trinajstić information content (AvgIpc) is 2.35. The van der Waals surface area contributed by atoms with Gasteiger partial charge in [-0.3, -0.25) is 4.98 Å². The maximum atomic E-state index is 5.97. The van der Waals surface area contributed by atoms with Crippen LogP contribution in [-0.4, -0.2) is 23.6 Å². The lowest BCUT2D eigenvalue weighted by molar-refractivity contribution is 0.378. The second-order valence-corrected chi connectivity index (χ2v) is 5.54. The van der Waals surface area contributed by atoms with Crippen molar-refractivity contribution in [1.82, 2.24) is 4.98 Å². The molecule has 0 radical (unpaired) electrons. The summed E-state index contributed by atoms with van der Waals surface area (Å²) in [6.07, 6.45) is 8.41. The molecule has 2 N–H and O–H groups in total. The van der Waals surface area contributed by atoms with Gasteiger partial charge in [0.1, 0.15) is 0 Å². The summed E-state index contributed by atoms with van der Waals surface area (Å²) in [5.74, 6) is 0. The first-order chi connectivity index (χ1) is 8.22. The number of hydrogen-bond acceptors (Lipinski definition) is 3. The Kier molecular flexibility index (Phi) is 4.40.